The average Bonchev–Trinajstić information content (AvgIpc) is 3.78. The van der Waals surface area contributed by atoms with Crippen LogP contribution in [0.3, 0.4) is 0 Å². The minimum absolute atomic E-state index is 0.626. The van der Waals surface area contributed by atoms with Crippen LogP contribution < -0.4 is 0 Å². The molecule has 0 amide bonds. The molecule has 3 heterocycles. The molecule has 0 bridgehead atoms. The minimum Gasteiger partial charge on any atom is -0.455 e. The monoisotopic (exact) mass is 666 g/mol. The molecule has 0 unspecified atom stereocenters. The number of hydrogen-bond donors (Lipinski definition) is 0. The van der Waals surface area contributed by atoms with Gasteiger partial charge in [0.25, 0.3) is 0 Å². The summed E-state index contributed by atoms with van der Waals surface area (Å²) >= 11 is 0. The molecule has 0 aliphatic carbocycles. The third-order valence-corrected chi connectivity index (χ3v) is 9.67. The molecular weight excluding hydrogens is 637 g/mol. The van der Waals surface area contributed by atoms with E-state index in [-0.39, 0.29) is 0 Å². The molecule has 5 heteroatoms. The van der Waals surface area contributed by atoms with E-state index < -0.39 is 0 Å². The number of nitrogens with zero attached hydrogens (tertiary/aromatic N) is 4. The lowest BCUT2D eigenvalue weighted by molar-refractivity contribution is 0.636. The van der Waals surface area contributed by atoms with Gasteiger partial charge in [0.2, 0.25) is 0 Å². The van der Waals surface area contributed by atoms with Crippen molar-refractivity contribution in [2.24, 2.45) is 0 Å². The number of furan rings is 1. The first-order chi connectivity index (χ1) is 25.8. The summed E-state index contributed by atoms with van der Waals surface area (Å²) in [4.78, 5) is 14.8. The van der Waals surface area contributed by atoms with E-state index in [1.54, 1.807) is 0 Å². The molecule has 0 N–H and O–H groups in total. The summed E-state index contributed by atoms with van der Waals surface area (Å²) in [5.41, 5.74) is 10.2. The molecule has 52 heavy (non-hydrogen) atoms. The number of benzene rings is 7. The lowest BCUT2D eigenvalue weighted by Crippen LogP contribution is -2.00. The van der Waals surface area contributed by atoms with Gasteiger partial charge in [-0.05, 0) is 48.0 Å². The van der Waals surface area contributed by atoms with Gasteiger partial charge in [0, 0.05) is 44.3 Å². The van der Waals surface area contributed by atoms with Gasteiger partial charge >= 0.3 is 0 Å². The Morgan fingerprint density at radius 1 is 0.365 bits per heavy atom. The van der Waals surface area contributed by atoms with Crippen molar-refractivity contribution in [2.75, 3.05) is 0 Å². The molecule has 0 saturated heterocycles. The maximum atomic E-state index is 6.95. The zero-order valence-electron chi connectivity index (χ0n) is 28.0. The predicted molar refractivity (Wildman–Crippen MR) is 211 cm³/mol. The Hall–Kier alpha value is -7.11. The second-order valence-electron chi connectivity index (χ2n) is 12.8. The van der Waals surface area contributed by atoms with Gasteiger partial charge in [-0.15, -0.1) is 0 Å². The molecule has 10 aromatic rings. The van der Waals surface area contributed by atoms with E-state index in [4.69, 9.17) is 19.4 Å². The van der Waals surface area contributed by atoms with Crippen LogP contribution in [0.4, 0.5) is 0 Å². The number of para-hydroxylation sites is 1. The molecular formula is C47H30N4O. The van der Waals surface area contributed by atoms with Crippen LogP contribution in [0.5, 0.6) is 0 Å². The van der Waals surface area contributed by atoms with Gasteiger partial charge in [-0.25, -0.2) is 15.0 Å². The van der Waals surface area contributed by atoms with Crippen molar-refractivity contribution >= 4 is 32.8 Å². The van der Waals surface area contributed by atoms with Crippen molar-refractivity contribution in [3.05, 3.63) is 182 Å². The third kappa shape index (κ3) is 4.98. The molecule has 244 valence electrons. The topological polar surface area (TPSA) is 56.7 Å². The lowest BCUT2D eigenvalue weighted by Gasteiger charge is -2.11. The van der Waals surface area contributed by atoms with E-state index >= 15 is 0 Å². The first-order valence-corrected chi connectivity index (χ1v) is 17.4. The maximum absolute atomic E-state index is 6.95. The molecule has 0 atom stereocenters. The SMILES string of the molecule is c1ccc(-c2nc(-c3ccccc3)nc(-c3ccc(-n4c5ccccc5c5c6oc(-c7ccccc7)c(-c7ccccc7)c6ccc54)cc3)n2)cc1. The molecule has 7 aromatic carbocycles. The summed E-state index contributed by atoms with van der Waals surface area (Å²) in [5, 5.41) is 3.32. The molecule has 0 saturated carbocycles. The van der Waals surface area contributed by atoms with Crippen molar-refractivity contribution in [3.8, 4) is 62.3 Å². The fourth-order valence-corrected chi connectivity index (χ4v) is 7.27. The van der Waals surface area contributed by atoms with Gasteiger partial charge in [0.05, 0.1) is 16.4 Å². The van der Waals surface area contributed by atoms with E-state index in [0.29, 0.717) is 17.5 Å². The second-order valence-corrected chi connectivity index (χ2v) is 12.8. The third-order valence-electron chi connectivity index (χ3n) is 9.67. The molecule has 0 aliphatic rings. The molecule has 5 nitrogen and oxygen atoms in total. The van der Waals surface area contributed by atoms with E-state index in [0.717, 1.165) is 77.6 Å². The minimum atomic E-state index is 0.626. The van der Waals surface area contributed by atoms with E-state index in [9.17, 15) is 0 Å². The van der Waals surface area contributed by atoms with Gasteiger partial charge in [0.1, 0.15) is 11.3 Å². The van der Waals surface area contributed by atoms with Gasteiger partial charge in [-0.2, -0.15) is 0 Å². The number of aromatic nitrogens is 4. The van der Waals surface area contributed by atoms with E-state index in [1.807, 2.05) is 66.7 Å². The zero-order valence-corrected chi connectivity index (χ0v) is 28.0. The van der Waals surface area contributed by atoms with E-state index in [1.165, 1.54) is 0 Å². The van der Waals surface area contributed by atoms with Gasteiger partial charge in [-0.3, -0.25) is 0 Å². The summed E-state index contributed by atoms with van der Waals surface area (Å²) in [6, 6.07) is 62.5. The summed E-state index contributed by atoms with van der Waals surface area (Å²) in [7, 11) is 0. The lowest BCUT2D eigenvalue weighted by atomic mass is 9.98. The second kappa shape index (κ2) is 12.3. The van der Waals surface area contributed by atoms with Crippen molar-refractivity contribution in [1.29, 1.82) is 0 Å². The van der Waals surface area contributed by atoms with Crippen LogP contribution in [0, 0.1) is 0 Å². The Kier molecular flexibility index (Phi) is 7.07. The average molecular weight is 667 g/mol. The van der Waals surface area contributed by atoms with E-state index in [2.05, 4.69) is 120 Å². The van der Waals surface area contributed by atoms with Crippen molar-refractivity contribution < 1.29 is 4.42 Å². The Morgan fingerprint density at radius 3 is 1.42 bits per heavy atom. The van der Waals surface area contributed by atoms with Crippen LogP contribution in [0.25, 0.3) is 95.1 Å². The van der Waals surface area contributed by atoms with Crippen molar-refractivity contribution in [2.45, 2.75) is 0 Å². The largest absolute Gasteiger partial charge is 0.455 e. The summed E-state index contributed by atoms with van der Waals surface area (Å²) in [5.74, 6) is 2.78. The number of fused-ring (bicyclic) bond motifs is 5. The predicted octanol–water partition coefficient (Wildman–Crippen LogP) is 12.0. The Balaban J connectivity index is 1.15. The van der Waals surface area contributed by atoms with Crippen LogP contribution in [0.15, 0.2) is 186 Å². The first kappa shape index (κ1) is 29.8. The highest BCUT2D eigenvalue weighted by Gasteiger charge is 2.23. The zero-order chi connectivity index (χ0) is 34.4. The molecule has 0 aliphatic heterocycles. The van der Waals surface area contributed by atoms with Gasteiger partial charge in [-0.1, -0.05) is 140 Å². The highest BCUT2D eigenvalue weighted by atomic mass is 16.3. The summed E-state index contributed by atoms with van der Waals surface area (Å²) < 4.78 is 9.27. The first-order valence-electron chi connectivity index (χ1n) is 17.4. The number of rotatable bonds is 6. The van der Waals surface area contributed by atoms with Crippen LogP contribution in [-0.4, -0.2) is 19.5 Å². The fourth-order valence-electron chi connectivity index (χ4n) is 7.27. The Bertz CT molecular complexity index is 2800. The van der Waals surface area contributed by atoms with Crippen LogP contribution in [0.2, 0.25) is 0 Å². The molecule has 0 fully saturated rings. The van der Waals surface area contributed by atoms with Crippen LogP contribution in [-0.2, 0) is 0 Å². The normalized spacial score (nSPS) is 11.5. The highest BCUT2D eigenvalue weighted by molar-refractivity contribution is 6.22. The molecule has 10 rings (SSSR count). The van der Waals surface area contributed by atoms with Crippen LogP contribution >= 0.6 is 0 Å². The smallest absolute Gasteiger partial charge is 0.164 e. The Labute approximate surface area is 300 Å². The molecule has 0 spiro atoms. The highest BCUT2D eigenvalue weighted by Crippen LogP contribution is 2.46. The van der Waals surface area contributed by atoms with Crippen LogP contribution in [0.1, 0.15) is 0 Å². The van der Waals surface area contributed by atoms with Gasteiger partial charge in [0.15, 0.2) is 17.5 Å². The quantitative estimate of drug-likeness (QED) is 0.177. The molecule has 3 aromatic heterocycles. The van der Waals surface area contributed by atoms with Gasteiger partial charge < -0.3 is 8.98 Å². The molecule has 0 radical (unpaired) electrons. The summed E-state index contributed by atoms with van der Waals surface area (Å²) in [6.07, 6.45) is 0. The van der Waals surface area contributed by atoms with Crippen molar-refractivity contribution in [3.63, 3.8) is 0 Å². The van der Waals surface area contributed by atoms with Crippen molar-refractivity contribution in [1.82, 2.24) is 19.5 Å². The fraction of sp³-hybridized carbons (Fsp3) is 0. The maximum Gasteiger partial charge on any atom is 0.164 e. The standard InChI is InChI=1S/C47H30N4O/c1-5-15-31(16-6-1)41-38-29-30-40-42(44(38)52-43(41)32-17-7-2-8-18-32)37-23-13-14-24-39(37)51(40)36-27-25-35(26-28-36)47-49-45(33-19-9-3-10-20-33)48-46(50-47)34-21-11-4-12-22-34/h1-30H. The Morgan fingerprint density at radius 2 is 0.846 bits per heavy atom. The summed E-state index contributed by atoms with van der Waals surface area (Å²) in [6.45, 7) is 0. The number of hydrogen-bond acceptors (Lipinski definition) is 4.